The van der Waals surface area contributed by atoms with Gasteiger partial charge in [0.05, 0.1) is 18.7 Å². The lowest BCUT2D eigenvalue weighted by Gasteiger charge is -2.20. The number of hydrogen-bond donors (Lipinski definition) is 1. The second-order valence-corrected chi connectivity index (χ2v) is 6.04. The fraction of sp³-hybridized carbons (Fsp3) is 0.714. The Kier molecular flexibility index (Phi) is 5.79. The van der Waals surface area contributed by atoms with E-state index >= 15 is 0 Å². The second-order valence-electron chi connectivity index (χ2n) is 5.18. The predicted octanol–water partition coefficient (Wildman–Crippen LogP) is 2.14. The van der Waals surface area contributed by atoms with Crippen LogP contribution in [0.1, 0.15) is 32.4 Å². The van der Waals surface area contributed by atoms with Gasteiger partial charge < -0.3 is 15.0 Å². The van der Waals surface area contributed by atoms with E-state index in [2.05, 4.69) is 22.1 Å². The molecule has 1 N–H and O–H groups in total. The minimum absolute atomic E-state index is 0.213. The summed E-state index contributed by atoms with van der Waals surface area (Å²) in [6, 6.07) is 0.370. The van der Waals surface area contributed by atoms with Crippen LogP contribution < -0.4 is 5.32 Å². The zero-order valence-electron chi connectivity index (χ0n) is 12.2. The molecule has 1 atom stereocenters. The van der Waals surface area contributed by atoms with Gasteiger partial charge in [-0.2, -0.15) is 0 Å². The van der Waals surface area contributed by atoms with Gasteiger partial charge in [-0.1, -0.05) is 0 Å². The van der Waals surface area contributed by atoms with Gasteiger partial charge in [-0.3, -0.25) is 4.79 Å². The van der Waals surface area contributed by atoms with E-state index in [1.54, 1.807) is 11.3 Å². The molecule has 20 heavy (non-hydrogen) atoms. The molecule has 0 spiro atoms. The fourth-order valence-corrected chi connectivity index (χ4v) is 3.25. The number of hydrogen-bond acceptors (Lipinski definition) is 6. The van der Waals surface area contributed by atoms with Gasteiger partial charge in [0.25, 0.3) is 0 Å². The number of esters is 1. The summed E-state index contributed by atoms with van der Waals surface area (Å²) in [7, 11) is 0. The zero-order chi connectivity index (χ0) is 14.4. The Morgan fingerprint density at radius 2 is 2.30 bits per heavy atom. The highest BCUT2D eigenvalue weighted by atomic mass is 32.1. The van der Waals surface area contributed by atoms with Crippen molar-refractivity contribution in [3.63, 3.8) is 0 Å². The first kappa shape index (κ1) is 15.3. The summed E-state index contributed by atoms with van der Waals surface area (Å²) in [5.41, 5.74) is 0.782. The Morgan fingerprint density at radius 3 is 3.00 bits per heavy atom. The minimum atomic E-state index is -0.213. The van der Waals surface area contributed by atoms with Crippen LogP contribution >= 0.6 is 11.3 Å². The van der Waals surface area contributed by atoms with Crippen LogP contribution in [-0.2, 0) is 16.0 Å². The molecule has 0 saturated carbocycles. The standard InChI is InChI=1S/C14H23N3O2S/c1-3-19-13(18)8-12-10-20-14(16-12)15-11(2)9-17-6-4-5-7-17/h10-11H,3-9H2,1-2H3,(H,15,16). The largest absolute Gasteiger partial charge is 0.466 e. The van der Waals surface area contributed by atoms with Crippen molar-refractivity contribution in [2.24, 2.45) is 0 Å². The van der Waals surface area contributed by atoms with Crippen LogP contribution in [0, 0.1) is 0 Å². The third kappa shape index (κ3) is 4.76. The van der Waals surface area contributed by atoms with Crippen molar-refractivity contribution in [1.82, 2.24) is 9.88 Å². The molecule has 1 fully saturated rings. The topological polar surface area (TPSA) is 54.5 Å². The number of nitrogens with one attached hydrogen (secondary N) is 1. The third-order valence-electron chi connectivity index (χ3n) is 3.28. The molecule has 0 radical (unpaired) electrons. The van der Waals surface area contributed by atoms with Gasteiger partial charge in [-0.25, -0.2) is 4.98 Å². The number of likely N-dealkylation sites (tertiary alicyclic amines) is 1. The van der Waals surface area contributed by atoms with Crippen LogP contribution in [0.4, 0.5) is 5.13 Å². The molecule has 0 bridgehead atoms. The molecule has 1 aromatic rings. The molecule has 1 saturated heterocycles. The molecule has 0 aromatic carbocycles. The number of ether oxygens (including phenoxy) is 1. The Balaban J connectivity index is 1.77. The number of aromatic nitrogens is 1. The number of carbonyl (C=O) groups excluding carboxylic acids is 1. The lowest BCUT2D eigenvalue weighted by molar-refractivity contribution is -0.142. The SMILES string of the molecule is CCOC(=O)Cc1csc(NC(C)CN2CCCC2)n1. The number of carbonyl (C=O) groups is 1. The van der Waals surface area contributed by atoms with Gasteiger partial charge in [0.2, 0.25) is 0 Å². The molecule has 1 aliphatic rings. The molecule has 0 aliphatic carbocycles. The van der Waals surface area contributed by atoms with Gasteiger partial charge in [-0.15, -0.1) is 11.3 Å². The Labute approximate surface area is 124 Å². The van der Waals surface area contributed by atoms with E-state index in [0.717, 1.165) is 17.4 Å². The van der Waals surface area contributed by atoms with Crippen molar-refractivity contribution in [2.45, 2.75) is 39.2 Å². The Hall–Kier alpha value is -1.14. The number of anilines is 1. The van der Waals surface area contributed by atoms with Crippen LogP contribution in [0.3, 0.4) is 0 Å². The van der Waals surface area contributed by atoms with Crippen molar-refractivity contribution >= 4 is 22.4 Å². The number of rotatable bonds is 7. The van der Waals surface area contributed by atoms with Crippen molar-refractivity contribution in [3.8, 4) is 0 Å². The summed E-state index contributed by atoms with van der Waals surface area (Å²) >= 11 is 1.55. The maximum Gasteiger partial charge on any atom is 0.311 e. The first-order valence-corrected chi connectivity index (χ1v) is 8.14. The van der Waals surface area contributed by atoms with Crippen molar-refractivity contribution in [3.05, 3.63) is 11.1 Å². The first-order valence-electron chi connectivity index (χ1n) is 7.26. The summed E-state index contributed by atoms with van der Waals surface area (Å²) in [5, 5.41) is 6.21. The summed E-state index contributed by atoms with van der Waals surface area (Å²) < 4.78 is 4.92. The first-order chi connectivity index (χ1) is 9.67. The zero-order valence-corrected chi connectivity index (χ0v) is 13.0. The van der Waals surface area contributed by atoms with Crippen LogP contribution in [0.25, 0.3) is 0 Å². The summed E-state index contributed by atoms with van der Waals surface area (Å²) in [5.74, 6) is -0.213. The van der Waals surface area contributed by atoms with Crippen LogP contribution in [-0.4, -0.2) is 48.1 Å². The molecule has 5 nitrogen and oxygen atoms in total. The van der Waals surface area contributed by atoms with Crippen molar-refractivity contribution in [2.75, 3.05) is 31.6 Å². The van der Waals surface area contributed by atoms with Crippen molar-refractivity contribution < 1.29 is 9.53 Å². The highest BCUT2D eigenvalue weighted by Crippen LogP contribution is 2.18. The molecular formula is C14H23N3O2S. The smallest absolute Gasteiger partial charge is 0.311 e. The van der Waals surface area contributed by atoms with Gasteiger partial charge >= 0.3 is 5.97 Å². The normalized spacial score (nSPS) is 17.1. The molecule has 1 aromatic heterocycles. The maximum absolute atomic E-state index is 11.4. The molecule has 2 heterocycles. The van der Waals surface area contributed by atoms with Crippen molar-refractivity contribution in [1.29, 1.82) is 0 Å². The van der Waals surface area contributed by atoms with Crippen LogP contribution in [0.5, 0.6) is 0 Å². The van der Waals surface area contributed by atoms with E-state index in [4.69, 9.17) is 4.74 Å². The number of nitrogens with zero attached hydrogens (tertiary/aromatic N) is 2. The molecular weight excluding hydrogens is 274 g/mol. The van der Waals surface area contributed by atoms with E-state index in [1.165, 1.54) is 25.9 Å². The average Bonchev–Trinajstić information content (AvgIpc) is 3.02. The molecule has 6 heteroatoms. The third-order valence-corrected chi connectivity index (χ3v) is 4.11. The summed E-state index contributed by atoms with van der Waals surface area (Å²) in [4.78, 5) is 18.3. The van der Waals surface area contributed by atoms with E-state index in [1.807, 2.05) is 12.3 Å². The van der Waals surface area contributed by atoms with E-state index in [-0.39, 0.29) is 12.4 Å². The fourth-order valence-electron chi connectivity index (χ4n) is 2.42. The highest BCUT2D eigenvalue weighted by molar-refractivity contribution is 7.13. The van der Waals surface area contributed by atoms with E-state index in [0.29, 0.717) is 12.6 Å². The molecule has 112 valence electrons. The van der Waals surface area contributed by atoms with E-state index < -0.39 is 0 Å². The molecule has 1 unspecified atom stereocenters. The quantitative estimate of drug-likeness (QED) is 0.782. The van der Waals surface area contributed by atoms with Crippen LogP contribution in [0.2, 0.25) is 0 Å². The Bertz CT molecular complexity index is 430. The monoisotopic (exact) mass is 297 g/mol. The predicted molar refractivity (Wildman–Crippen MR) is 81.2 cm³/mol. The Morgan fingerprint density at radius 1 is 1.55 bits per heavy atom. The van der Waals surface area contributed by atoms with Gasteiger partial charge in [0.1, 0.15) is 0 Å². The lowest BCUT2D eigenvalue weighted by Crippen LogP contribution is -2.32. The summed E-state index contributed by atoms with van der Waals surface area (Å²) in [6.07, 6.45) is 2.88. The molecule has 1 aliphatic heterocycles. The lowest BCUT2D eigenvalue weighted by atomic mass is 10.3. The average molecular weight is 297 g/mol. The van der Waals surface area contributed by atoms with Crippen LogP contribution in [0.15, 0.2) is 5.38 Å². The molecule has 2 rings (SSSR count). The second kappa shape index (κ2) is 7.59. The minimum Gasteiger partial charge on any atom is -0.466 e. The van der Waals surface area contributed by atoms with E-state index in [9.17, 15) is 4.79 Å². The maximum atomic E-state index is 11.4. The van der Waals surface area contributed by atoms with Gasteiger partial charge in [-0.05, 0) is 39.8 Å². The highest BCUT2D eigenvalue weighted by Gasteiger charge is 2.15. The summed E-state index contributed by atoms with van der Waals surface area (Å²) in [6.45, 7) is 7.86. The van der Waals surface area contributed by atoms with Gasteiger partial charge in [0.15, 0.2) is 5.13 Å². The number of thiazole rings is 1. The van der Waals surface area contributed by atoms with Gasteiger partial charge in [0, 0.05) is 18.0 Å². The molecule has 0 amide bonds.